The molecule has 6 heteroatoms. The van der Waals surface area contributed by atoms with Gasteiger partial charge in [0.25, 0.3) is 0 Å². The van der Waals surface area contributed by atoms with Crippen molar-refractivity contribution in [1.82, 2.24) is 0 Å². The number of benzene rings is 1. The highest BCUT2D eigenvalue weighted by Crippen LogP contribution is 2.24. The molecule has 0 aromatic heterocycles. The number of hydrogen-bond acceptors (Lipinski definition) is 3. The summed E-state index contributed by atoms with van der Waals surface area (Å²) in [6.07, 6.45) is -2.97. The summed E-state index contributed by atoms with van der Waals surface area (Å²) in [5, 5.41) is 0. The summed E-state index contributed by atoms with van der Waals surface area (Å²) in [5.74, 6) is 0.606. The monoisotopic (exact) mass is 302 g/mol. The van der Waals surface area contributed by atoms with Crippen LogP contribution in [-0.2, 0) is 0 Å². The van der Waals surface area contributed by atoms with Crippen molar-refractivity contribution in [2.45, 2.75) is 37.9 Å². The van der Waals surface area contributed by atoms with Gasteiger partial charge in [-0.2, -0.15) is 13.2 Å². The molecule has 1 heterocycles. The predicted molar refractivity (Wildman–Crippen MR) is 76.6 cm³/mol. The molecular formula is C15H21F3N2O. The van der Waals surface area contributed by atoms with Gasteiger partial charge < -0.3 is 15.4 Å². The van der Waals surface area contributed by atoms with E-state index < -0.39 is 12.6 Å². The standard InChI is InChI=1S/C15H21F3N2O/c16-15(17,18)8-1-11-21-14-4-2-13(3-5-14)20-9-6-12(19)7-10-20/h2-5,12H,1,6-11,19H2. The number of piperidine rings is 1. The lowest BCUT2D eigenvalue weighted by Crippen LogP contribution is -2.39. The third-order valence-electron chi connectivity index (χ3n) is 3.61. The Morgan fingerprint density at radius 1 is 1.14 bits per heavy atom. The van der Waals surface area contributed by atoms with Crippen molar-refractivity contribution in [3.8, 4) is 5.75 Å². The second-order valence-corrected chi connectivity index (χ2v) is 5.39. The molecule has 0 aliphatic carbocycles. The molecule has 1 aliphatic rings. The lowest BCUT2D eigenvalue weighted by Gasteiger charge is -2.32. The molecule has 1 saturated heterocycles. The zero-order valence-electron chi connectivity index (χ0n) is 11.9. The molecule has 0 saturated carbocycles. The van der Waals surface area contributed by atoms with E-state index in [4.69, 9.17) is 10.5 Å². The fourth-order valence-electron chi connectivity index (χ4n) is 2.37. The number of anilines is 1. The summed E-state index contributed by atoms with van der Waals surface area (Å²) in [6.45, 7) is 1.96. The van der Waals surface area contributed by atoms with E-state index in [0.29, 0.717) is 5.75 Å². The summed E-state index contributed by atoms with van der Waals surface area (Å²) >= 11 is 0. The summed E-state index contributed by atoms with van der Waals surface area (Å²) in [7, 11) is 0. The first-order chi connectivity index (χ1) is 9.94. The SMILES string of the molecule is NC1CCN(c2ccc(OCCCC(F)(F)F)cc2)CC1. The molecule has 21 heavy (non-hydrogen) atoms. The minimum atomic E-state index is -4.11. The highest BCUT2D eigenvalue weighted by molar-refractivity contribution is 5.49. The first-order valence-electron chi connectivity index (χ1n) is 7.24. The van der Waals surface area contributed by atoms with Crippen LogP contribution in [0.1, 0.15) is 25.7 Å². The normalized spacial score (nSPS) is 17.0. The minimum absolute atomic E-state index is 0.0186. The van der Waals surface area contributed by atoms with Gasteiger partial charge in [0, 0.05) is 31.2 Å². The Labute approximate surface area is 122 Å². The van der Waals surface area contributed by atoms with Gasteiger partial charge in [0.15, 0.2) is 0 Å². The third-order valence-corrected chi connectivity index (χ3v) is 3.61. The second kappa shape index (κ2) is 7.02. The first-order valence-corrected chi connectivity index (χ1v) is 7.24. The molecular weight excluding hydrogens is 281 g/mol. The molecule has 1 aromatic rings. The Bertz CT molecular complexity index is 426. The molecule has 0 bridgehead atoms. The van der Waals surface area contributed by atoms with Crippen molar-refractivity contribution in [2.75, 3.05) is 24.6 Å². The Kier molecular flexibility index (Phi) is 5.33. The highest BCUT2D eigenvalue weighted by Gasteiger charge is 2.26. The molecule has 2 N–H and O–H groups in total. The van der Waals surface area contributed by atoms with Crippen LogP contribution in [0.3, 0.4) is 0 Å². The van der Waals surface area contributed by atoms with Crippen LogP contribution in [0, 0.1) is 0 Å². The number of ether oxygens (including phenoxy) is 1. The summed E-state index contributed by atoms with van der Waals surface area (Å²) in [4.78, 5) is 2.26. The maximum atomic E-state index is 12.0. The zero-order chi connectivity index (χ0) is 15.3. The fourth-order valence-corrected chi connectivity index (χ4v) is 2.37. The van der Waals surface area contributed by atoms with Crippen LogP contribution in [0.25, 0.3) is 0 Å². The highest BCUT2D eigenvalue weighted by atomic mass is 19.4. The lowest BCUT2D eigenvalue weighted by atomic mass is 10.1. The van der Waals surface area contributed by atoms with Gasteiger partial charge in [-0.3, -0.25) is 0 Å². The number of halogens is 3. The van der Waals surface area contributed by atoms with Crippen LogP contribution in [-0.4, -0.2) is 31.9 Å². The van der Waals surface area contributed by atoms with Gasteiger partial charge in [0.2, 0.25) is 0 Å². The Balaban J connectivity index is 1.77. The van der Waals surface area contributed by atoms with Crippen LogP contribution in [0.2, 0.25) is 0 Å². The van der Waals surface area contributed by atoms with Crippen molar-refractivity contribution >= 4 is 5.69 Å². The maximum absolute atomic E-state index is 12.0. The van der Waals surface area contributed by atoms with E-state index in [1.807, 2.05) is 12.1 Å². The second-order valence-electron chi connectivity index (χ2n) is 5.39. The molecule has 1 aliphatic heterocycles. The van der Waals surface area contributed by atoms with Crippen molar-refractivity contribution in [1.29, 1.82) is 0 Å². The minimum Gasteiger partial charge on any atom is -0.494 e. The number of nitrogens with two attached hydrogens (primary N) is 1. The topological polar surface area (TPSA) is 38.5 Å². The van der Waals surface area contributed by atoms with E-state index in [0.717, 1.165) is 31.6 Å². The number of nitrogens with zero attached hydrogens (tertiary/aromatic N) is 1. The Morgan fingerprint density at radius 2 is 1.76 bits per heavy atom. The van der Waals surface area contributed by atoms with Crippen molar-refractivity contribution in [3.63, 3.8) is 0 Å². The smallest absolute Gasteiger partial charge is 0.389 e. The number of rotatable bonds is 5. The van der Waals surface area contributed by atoms with E-state index in [1.165, 1.54) is 0 Å². The molecule has 1 fully saturated rings. The quantitative estimate of drug-likeness (QED) is 0.848. The summed E-state index contributed by atoms with van der Waals surface area (Å²) in [5.41, 5.74) is 6.97. The van der Waals surface area contributed by atoms with Gasteiger partial charge in [-0.05, 0) is 43.5 Å². The molecule has 118 valence electrons. The van der Waals surface area contributed by atoms with Gasteiger partial charge >= 0.3 is 6.18 Å². The van der Waals surface area contributed by atoms with Crippen LogP contribution in [0.4, 0.5) is 18.9 Å². The van der Waals surface area contributed by atoms with E-state index in [-0.39, 0.29) is 19.1 Å². The fraction of sp³-hybridized carbons (Fsp3) is 0.600. The molecule has 3 nitrogen and oxygen atoms in total. The molecule has 1 aromatic carbocycles. The lowest BCUT2D eigenvalue weighted by molar-refractivity contribution is -0.136. The average molecular weight is 302 g/mol. The van der Waals surface area contributed by atoms with Gasteiger partial charge in [-0.15, -0.1) is 0 Å². The number of alkyl halides is 3. The molecule has 0 amide bonds. The van der Waals surface area contributed by atoms with Crippen molar-refractivity contribution in [3.05, 3.63) is 24.3 Å². The summed E-state index contributed by atoms with van der Waals surface area (Å²) in [6, 6.07) is 7.78. The van der Waals surface area contributed by atoms with Crippen LogP contribution >= 0.6 is 0 Å². The van der Waals surface area contributed by atoms with E-state index in [1.54, 1.807) is 12.1 Å². The van der Waals surface area contributed by atoms with Gasteiger partial charge in [-0.25, -0.2) is 0 Å². The van der Waals surface area contributed by atoms with Crippen LogP contribution in [0.5, 0.6) is 5.75 Å². The Hall–Kier alpha value is -1.43. The van der Waals surface area contributed by atoms with E-state index in [9.17, 15) is 13.2 Å². The largest absolute Gasteiger partial charge is 0.494 e. The first kappa shape index (κ1) is 15.9. The predicted octanol–water partition coefficient (Wildman–Crippen LogP) is 3.34. The van der Waals surface area contributed by atoms with Crippen molar-refractivity contribution < 1.29 is 17.9 Å². The molecule has 2 rings (SSSR count). The van der Waals surface area contributed by atoms with Gasteiger partial charge in [0.1, 0.15) is 5.75 Å². The van der Waals surface area contributed by atoms with Gasteiger partial charge in [0.05, 0.1) is 6.61 Å². The van der Waals surface area contributed by atoms with Crippen molar-refractivity contribution in [2.24, 2.45) is 5.73 Å². The maximum Gasteiger partial charge on any atom is 0.389 e. The third kappa shape index (κ3) is 5.46. The average Bonchev–Trinajstić information content (AvgIpc) is 2.44. The van der Waals surface area contributed by atoms with Crippen LogP contribution < -0.4 is 15.4 Å². The van der Waals surface area contributed by atoms with E-state index >= 15 is 0 Å². The van der Waals surface area contributed by atoms with Crippen LogP contribution in [0.15, 0.2) is 24.3 Å². The molecule has 0 unspecified atom stereocenters. The summed E-state index contributed by atoms with van der Waals surface area (Å²) < 4.78 is 41.3. The molecule has 0 spiro atoms. The van der Waals surface area contributed by atoms with E-state index in [2.05, 4.69) is 4.90 Å². The number of hydrogen-bond donors (Lipinski definition) is 1. The van der Waals surface area contributed by atoms with Gasteiger partial charge in [-0.1, -0.05) is 0 Å². The molecule has 0 radical (unpaired) electrons. The Morgan fingerprint density at radius 3 is 2.33 bits per heavy atom. The molecule has 0 atom stereocenters. The zero-order valence-corrected chi connectivity index (χ0v) is 11.9.